The maximum absolute atomic E-state index is 11.6. The van der Waals surface area contributed by atoms with E-state index in [0.29, 0.717) is 18.6 Å². The van der Waals surface area contributed by atoms with Gasteiger partial charge in [-0.1, -0.05) is 23.7 Å². The number of aliphatic hydroxyl groups excluding tert-OH is 1. The second-order valence-corrected chi connectivity index (χ2v) is 5.55. The predicted molar refractivity (Wildman–Crippen MR) is 76.1 cm³/mol. The van der Waals surface area contributed by atoms with Crippen molar-refractivity contribution in [3.63, 3.8) is 0 Å². The molecule has 0 aliphatic rings. The summed E-state index contributed by atoms with van der Waals surface area (Å²) in [6.45, 7) is 1.98. The summed E-state index contributed by atoms with van der Waals surface area (Å²) in [5.74, 6) is 0.706. The van der Waals surface area contributed by atoms with Crippen LogP contribution in [0.4, 0.5) is 0 Å². The van der Waals surface area contributed by atoms with Crippen LogP contribution in [0.3, 0.4) is 0 Å². The first-order valence-corrected chi connectivity index (χ1v) is 7.27. The smallest absolute Gasteiger partial charge is 0.221 e. The number of rotatable bonds is 7. The molecule has 0 heterocycles. The van der Waals surface area contributed by atoms with Gasteiger partial charge < -0.3 is 10.4 Å². The Balaban J connectivity index is 2.25. The van der Waals surface area contributed by atoms with E-state index >= 15 is 0 Å². The Labute approximate surface area is 117 Å². The highest BCUT2D eigenvalue weighted by atomic mass is 35.5. The molecule has 1 atom stereocenters. The number of amides is 1. The third-order valence-electron chi connectivity index (χ3n) is 2.39. The van der Waals surface area contributed by atoms with Gasteiger partial charge in [-0.25, -0.2) is 0 Å². The van der Waals surface area contributed by atoms with Gasteiger partial charge in [-0.15, -0.1) is 11.8 Å². The van der Waals surface area contributed by atoms with Crippen molar-refractivity contribution in [2.24, 2.45) is 0 Å². The lowest BCUT2D eigenvalue weighted by molar-refractivity contribution is -0.121. The van der Waals surface area contributed by atoms with E-state index in [-0.39, 0.29) is 18.6 Å². The average Bonchev–Trinajstić information content (AvgIpc) is 2.31. The summed E-state index contributed by atoms with van der Waals surface area (Å²) in [4.78, 5) is 12.6. The van der Waals surface area contributed by atoms with Crippen LogP contribution in [0.5, 0.6) is 0 Å². The SMILES string of the molecule is CC(CCO)NC(=O)CCSc1ccccc1Cl. The maximum atomic E-state index is 11.6. The highest BCUT2D eigenvalue weighted by Gasteiger charge is 2.07. The van der Waals surface area contributed by atoms with Crippen molar-refractivity contribution in [3.8, 4) is 0 Å². The lowest BCUT2D eigenvalue weighted by atomic mass is 10.2. The molecular weight excluding hydrogens is 270 g/mol. The first-order valence-electron chi connectivity index (χ1n) is 5.91. The van der Waals surface area contributed by atoms with E-state index in [0.717, 1.165) is 9.92 Å². The third-order valence-corrected chi connectivity index (χ3v) is 3.91. The van der Waals surface area contributed by atoms with Gasteiger partial charge in [0.2, 0.25) is 5.91 Å². The fraction of sp³-hybridized carbons (Fsp3) is 0.462. The quantitative estimate of drug-likeness (QED) is 0.758. The fourth-order valence-electron chi connectivity index (χ4n) is 1.43. The number of aliphatic hydroxyl groups is 1. The molecule has 0 aliphatic heterocycles. The highest BCUT2D eigenvalue weighted by Crippen LogP contribution is 2.26. The second kappa shape index (κ2) is 8.40. The van der Waals surface area contributed by atoms with Crippen molar-refractivity contribution in [2.75, 3.05) is 12.4 Å². The zero-order chi connectivity index (χ0) is 13.4. The molecule has 0 aromatic heterocycles. The number of nitrogens with one attached hydrogen (secondary N) is 1. The topological polar surface area (TPSA) is 49.3 Å². The van der Waals surface area contributed by atoms with Crippen LogP contribution in [0.25, 0.3) is 0 Å². The minimum Gasteiger partial charge on any atom is -0.396 e. The van der Waals surface area contributed by atoms with Crippen molar-refractivity contribution in [1.82, 2.24) is 5.32 Å². The number of thioether (sulfide) groups is 1. The minimum atomic E-state index is 0.00973. The van der Waals surface area contributed by atoms with Gasteiger partial charge in [-0.2, -0.15) is 0 Å². The van der Waals surface area contributed by atoms with Gasteiger partial charge in [0.05, 0.1) is 5.02 Å². The molecule has 1 aromatic rings. The molecule has 1 rings (SSSR count). The third kappa shape index (κ3) is 5.76. The number of halogens is 1. The van der Waals surface area contributed by atoms with E-state index in [9.17, 15) is 4.79 Å². The van der Waals surface area contributed by atoms with Gasteiger partial charge in [0.1, 0.15) is 0 Å². The van der Waals surface area contributed by atoms with Gasteiger partial charge in [0, 0.05) is 29.7 Å². The Hall–Kier alpha value is -0.710. The summed E-state index contributed by atoms with van der Waals surface area (Å²) in [6.07, 6.45) is 1.04. The van der Waals surface area contributed by atoms with Gasteiger partial charge in [0.25, 0.3) is 0 Å². The monoisotopic (exact) mass is 287 g/mol. The van der Waals surface area contributed by atoms with Crippen molar-refractivity contribution in [3.05, 3.63) is 29.3 Å². The molecule has 0 spiro atoms. The van der Waals surface area contributed by atoms with E-state index in [4.69, 9.17) is 16.7 Å². The lowest BCUT2D eigenvalue weighted by Crippen LogP contribution is -2.33. The van der Waals surface area contributed by atoms with Crippen LogP contribution < -0.4 is 5.32 Å². The van der Waals surface area contributed by atoms with Crippen molar-refractivity contribution in [2.45, 2.75) is 30.7 Å². The van der Waals surface area contributed by atoms with E-state index in [1.165, 1.54) is 0 Å². The van der Waals surface area contributed by atoms with E-state index in [2.05, 4.69) is 5.32 Å². The molecule has 0 bridgehead atoms. The molecule has 1 amide bonds. The fourth-order valence-corrected chi connectivity index (χ4v) is 2.62. The first kappa shape index (κ1) is 15.3. The Morgan fingerprint density at radius 3 is 2.89 bits per heavy atom. The standard InChI is InChI=1S/C13H18ClNO2S/c1-10(6-8-16)15-13(17)7-9-18-12-5-3-2-4-11(12)14/h2-5,10,16H,6-9H2,1H3,(H,15,17). The van der Waals surface area contributed by atoms with Crippen LogP contribution >= 0.6 is 23.4 Å². The molecule has 5 heteroatoms. The maximum Gasteiger partial charge on any atom is 0.221 e. The molecule has 2 N–H and O–H groups in total. The van der Waals surface area contributed by atoms with Crippen LogP contribution in [0.2, 0.25) is 5.02 Å². The summed E-state index contributed by atoms with van der Waals surface area (Å²) in [5.41, 5.74) is 0. The van der Waals surface area contributed by atoms with Crippen LogP contribution in [-0.4, -0.2) is 29.4 Å². The van der Waals surface area contributed by atoms with Crippen LogP contribution in [0, 0.1) is 0 Å². The van der Waals surface area contributed by atoms with Gasteiger partial charge in [-0.05, 0) is 25.5 Å². The molecule has 0 saturated carbocycles. The van der Waals surface area contributed by atoms with Gasteiger partial charge >= 0.3 is 0 Å². The zero-order valence-corrected chi connectivity index (χ0v) is 11.9. The van der Waals surface area contributed by atoms with E-state index in [1.807, 2.05) is 31.2 Å². The molecule has 1 aromatic carbocycles. The van der Waals surface area contributed by atoms with Crippen molar-refractivity contribution >= 4 is 29.3 Å². The molecule has 100 valence electrons. The molecule has 0 aliphatic carbocycles. The summed E-state index contributed by atoms with van der Waals surface area (Å²) < 4.78 is 0. The van der Waals surface area contributed by atoms with Crippen LogP contribution in [-0.2, 0) is 4.79 Å². The number of carbonyl (C=O) groups is 1. The molecular formula is C13H18ClNO2S. The van der Waals surface area contributed by atoms with Crippen molar-refractivity contribution < 1.29 is 9.90 Å². The number of carbonyl (C=O) groups excluding carboxylic acids is 1. The number of benzene rings is 1. The summed E-state index contributed by atoms with van der Waals surface area (Å²) in [6, 6.07) is 7.62. The Bertz CT molecular complexity index is 387. The van der Waals surface area contributed by atoms with Gasteiger partial charge in [-0.3, -0.25) is 4.79 Å². The van der Waals surface area contributed by atoms with Crippen LogP contribution in [0.1, 0.15) is 19.8 Å². The summed E-state index contributed by atoms with van der Waals surface area (Å²) in [7, 11) is 0. The molecule has 3 nitrogen and oxygen atoms in total. The molecule has 18 heavy (non-hydrogen) atoms. The Morgan fingerprint density at radius 1 is 1.50 bits per heavy atom. The summed E-state index contributed by atoms with van der Waals surface area (Å²) in [5, 5.41) is 12.3. The van der Waals surface area contributed by atoms with Crippen LogP contribution in [0.15, 0.2) is 29.2 Å². The average molecular weight is 288 g/mol. The predicted octanol–water partition coefficient (Wildman–Crippen LogP) is 2.71. The highest BCUT2D eigenvalue weighted by molar-refractivity contribution is 7.99. The van der Waals surface area contributed by atoms with Gasteiger partial charge in [0.15, 0.2) is 0 Å². The summed E-state index contributed by atoms with van der Waals surface area (Å²) >= 11 is 7.59. The second-order valence-electron chi connectivity index (χ2n) is 4.01. The zero-order valence-electron chi connectivity index (χ0n) is 10.4. The first-order chi connectivity index (χ1) is 8.63. The number of hydrogen-bond donors (Lipinski definition) is 2. The Kier molecular flexibility index (Phi) is 7.16. The Morgan fingerprint density at radius 2 is 2.22 bits per heavy atom. The normalized spacial score (nSPS) is 12.2. The minimum absolute atomic E-state index is 0.00973. The largest absolute Gasteiger partial charge is 0.396 e. The van der Waals surface area contributed by atoms with E-state index in [1.54, 1.807) is 11.8 Å². The van der Waals surface area contributed by atoms with E-state index < -0.39 is 0 Å². The molecule has 0 saturated heterocycles. The molecule has 0 fully saturated rings. The number of hydrogen-bond acceptors (Lipinski definition) is 3. The lowest BCUT2D eigenvalue weighted by Gasteiger charge is -2.12. The molecule has 0 radical (unpaired) electrons. The van der Waals surface area contributed by atoms with Crippen molar-refractivity contribution in [1.29, 1.82) is 0 Å². The molecule has 1 unspecified atom stereocenters.